The number of benzene rings is 8. The van der Waals surface area contributed by atoms with Crippen LogP contribution in [0.5, 0.6) is 0 Å². The van der Waals surface area contributed by atoms with Gasteiger partial charge in [-0.3, -0.25) is 9.98 Å². The summed E-state index contributed by atoms with van der Waals surface area (Å²) >= 11 is 0. The topological polar surface area (TPSA) is 57.8 Å². The fourth-order valence-corrected chi connectivity index (χ4v) is 8.62. The van der Waals surface area contributed by atoms with E-state index in [1.807, 2.05) is 42.9 Å². The molecule has 2 heterocycles. The Morgan fingerprint density at radius 3 is 1.80 bits per heavy atom. The van der Waals surface area contributed by atoms with E-state index in [2.05, 4.69) is 198 Å². The van der Waals surface area contributed by atoms with E-state index in [9.17, 15) is 0 Å². The van der Waals surface area contributed by atoms with Gasteiger partial charge in [0.15, 0.2) is 0 Å². The van der Waals surface area contributed by atoms with Crippen LogP contribution in [0.3, 0.4) is 0 Å². The maximum atomic E-state index is 6.86. The molecule has 2 N–H and O–H groups in total. The van der Waals surface area contributed by atoms with Crippen LogP contribution in [0, 0.1) is 0 Å². The fraction of sp³-hybridized carbons (Fsp3) is 0.0545. The molecule has 5 heteroatoms. The molecule has 288 valence electrons. The van der Waals surface area contributed by atoms with Gasteiger partial charge in [0.2, 0.25) is 0 Å². The molecule has 0 saturated carbocycles. The van der Waals surface area contributed by atoms with E-state index in [1.54, 1.807) is 0 Å². The molecule has 1 aliphatic rings. The van der Waals surface area contributed by atoms with Crippen molar-refractivity contribution < 1.29 is 0 Å². The number of fused-ring (bicyclic) bond motifs is 6. The van der Waals surface area contributed by atoms with Gasteiger partial charge >= 0.3 is 0 Å². The average molecular weight is 774 g/mol. The average Bonchev–Trinajstić information content (AvgIpc) is 3.64. The van der Waals surface area contributed by atoms with E-state index in [-0.39, 0.29) is 12.2 Å². The lowest BCUT2D eigenvalue weighted by Crippen LogP contribution is -2.30. The molecule has 2 atom stereocenters. The van der Waals surface area contributed by atoms with E-state index < -0.39 is 0 Å². The second-order valence-electron chi connectivity index (χ2n) is 15.3. The molecule has 10 rings (SSSR count). The summed E-state index contributed by atoms with van der Waals surface area (Å²) in [5.41, 5.74) is 20.1. The minimum absolute atomic E-state index is 0.0676. The Hall–Kier alpha value is -7.60. The van der Waals surface area contributed by atoms with Crippen LogP contribution in [0.2, 0.25) is 0 Å². The Balaban J connectivity index is 0.969. The fourth-order valence-electron chi connectivity index (χ4n) is 8.62. The highest BCUT2D eigenvalue weighted by atomic mass is 15.4. The molecule has 9 aromatic rings. The first kappa shape index (κ1) is 36.7. The first-order valence-electron chi connectivity index (χ1n) is 20.4. The molecule has 0 saturated heterocycles. The standard InChI is InChI=1S/C55H43N5/c1-59-53-49-20-12-11-19-47(49)48-33-34-57-37-50(48)54(53)60(46-17-9-4-10-18-46)55(59)45-31-25-42(26-32-45)41-23-29-44(30-24-41)52(58-36-38-13-5-2-6-14-38)35-51(56)43-27-21-40(22-28-43)39-15-7-3-8-16-39/h2-37,51,55H,56H2,1H3/b52-35-,58-36?. The van der Waals surface area contributed by atoms with E-state index in [4.69, 9.17) is 10.7 Å². The largest absolute Gasteiger partial charge is 0.348 e. The number of rotatable bonds is 9. The Bertz CT molecular complexity index is 2980. The zero-order valence-electron chi connectivity index (χ0n) is 33.3. The van der Waals surface area contributed by atoms with Gasteiger partial charge in [-0.15, -0.1) is 0 Å². The predicted molar refractivity (Wildman–Crippen MR) is 252 cm³/mol. The van der Waals surface area contributed by atoms with E-state index in [0.29, 0.717) is 0 Å². The van der Waals surface area contributed by atoms with Gasteiger partial charge in [-0.05, 0) is 79.6 Å². The van der Waals surface area contributed by atoms with Gasteiger partial charge in [0.25, 0.3) is 0 Å². The Labute approximate surface area is 351 Å². The lowest BCUT2D eigenvalue weighted by Gasteiger charge is -2.31. The second-order valence-corrected chi connectivity index (χ2v) is 15.3. The van der Waals surface area contributed by atoms with Crippen molar-refractivity contribution in [2.24, 2.45) is 10.7 Å². The van der Waals surface area contributed by atoms with Crippen LogP contribution in [0.1, 0.15) is 34.5 Å². The lowest BCUT2D eigenvalue weighted by molar-refractivity contribution is 0.720. The number of pyridine rings is 1. The minimum atomic E-state index is -0.340. The van der Waals surface area contributed by atoms with Gasteiger partial charge in [0.05, 0.1) is 23.1 Å². The third-order valence-electron chi connectivity index (χ3n) is 11.6. The second kappa shape index (κ2) is 16.0. The monoisotopic (exact) mass is 773 g/mol. The number of anilines is 3. The summed E-state index contributed by atoms with van der Waals surface area (Å²) in [5.74, 6) is 0. The van der Waals surface area contributed by atoms with Crippen LogP contribution < -0.4 is 15.5 Å². The number of nitrogens with two attached hydrogens (primary N) is 1. The van der Waals surface area contributed by atoms with Crippen LogP contribution >= 0.6 is 0 Å². The Kier molecular flexibility index (Phi) is 9.78. The summed E-state index contributed by atoms with van der Waals surface area (Å²) < 4.78 is 0. The van der Waals surface area contributed by atoms with Gasteiger partial charge in [-0.2, -0.15) is 0 Å². The molecule has 0 bridgehead atoms. The summed E-state index contributed by atoms with van der Waals surface area (Å²) in [4.78, 5) is 14.5. The molecular formula is C55H43N5. The zero-order chi connectivity index (χ0) is 40.4. The van der Waals surface area contributed by atoms with E-state index in [0.717, 1.165) is 50.2 Å². The molecule has 0 fully saturated rings. The van der Waals surface area contributed by atoms with Gasteiger partial charge in [-0.1, -0.05) is 176 Å². The molecular weight excluding hydrogens is 731 g/mol. The smallest absolute Gasteiger partial charge is 0.132 e. The SMILES string of the molecule is CN1c2c(c3cnccc3c3ccccc23)N(c2ccccc2)C1c1ccc(-c2ccc(/C(=C/C(N)c3ccc(-c4ccccc4)cc3)N=Cc3ccccc3)cc2)cc1. The first-order chi connectivity index (χ1) is 29.6. The maximum absolute atomic E-state index is 6.86. The number of hydrogen-bond donors (Lipinski definition) is 1. The number of aliphatic imine (C=N–C) groups is 1. The molecule has 1 aliphatic heterocycles. The van der Waals surface area contributed by atoms with Crippen LogP contribution in [-0.2, 0) is 0 Å². The van der Waals surface area contributed by atoms with E-state index in [1.165, 1.54) is 38.7 Å². The normalized spacial score (nSPS) is 14.6. The minimum Gasteiger partial charge on any atom is -0.348 e. The molecule has 60 heavy (non-hydrogen) atoms. The molecule has 8 aromatic carbocycles. The van der Waals surface area contributed by atoms with E-state index >= 15 is 0 Å². The number of para-hydroxylation sites is 1. The molecule has 0 spiro atoms. The van der Waals surface area contributed by atoms with Crippen molar-refractivity contribution in [3.8, 4) is 22.3 Å². The van der Waals surface area contributed by atoms with Crippen molar-refractivity contribution in [1.29, 1.82) is 0 Å². The summed E-state index contributed by atoms with van der Waals surface area (Å²) in [6.07, 6.45) is 7.80. The van der Waals surface area contributed by atoms with Crippen molar-refractivity contribution >= 4 is 50.5 Å². The van der Waals surface area contributed by atoms with Gasteiger partial charge in [0, 0.05) is 42.1 Å². The summed E-state index contributed by atoms with van der Waals surface area (Å²) in [5, 5.41) is 4.81. The quantitative estimate of drug-likeness (QED) is 0.117. The van der Waals surface area contributed by atoms with Crippen LogP contribution in [0.25, 0.3) is 49.5 Å². The van der Waals surface area contributed by atoms with Gasteiger partial charge in [0.1, 0.15) is 6.17 Å². The van der Waals surface area contributed by atoms with Crippen LogP contribution in [0.15, 0.2) is 218 Å². The van der Waals surface area contributed by atoms with Crippen molar-refractivity contribution in [3.63, 3.8) is 0 Å². The van der Waals surface area contributed by atoms with Gasteiger partial charge in [-0.25, -0.2) is 0 Å². The third kappa shape index (κ3) is 6.91. The highest BCUT2D eigenvalue weighted by Crippen LogP contribution is 2.55. The molecule has 0 aliphatic carbocycles. The molecule has 2 unspecified atom stereocenters. The molecule has 0 amide bonds. The molecule has 1 aromatic heterocycles. The predicted octanol–water partition coefficient (Wildman–Crippen LogP) is 13.2. The summed E-state index contributed by atoms with van der Waals surface area (Å²) in [6, 6.07) is 67.9. The first-order valence-corrected chi connectivity index (χ1v) is 20.4. The zero-order valence-corrected chi connectivity index (χ0v) is 33.3. The Morgan fingerprint density at radius 1 is 0.567 bits per heavy atom. The lowest BCUT2D eigenvalue weighted by atomic mass is 9.98. The number of aromatic nitrogens is 1. The van der Waals surface area contributed by atoms with Crippen molar-refractivity contribution in [1.82, 2.24) is 4.98 Å². The molecule has 0 radical (unpaired) electrons. The summed E-state index contributed by atoms with van der Waals surface area (Å²) in [7, 11) is 2.21. The van der Waals surface area contributed by atoms with Crippen LogP contribution in [0.4, 0.5) is 17.1 Å². The van der Waals surface area contributed by atoms with Crippen molar-refractivity contribution in [2.45, 2.75) is 12.2 Å². The maximum Gasteiger partial charge on any atom is 0.132 e. The molecule has 5 nitrogen and oxygen atoms in total. The highest BCUT2D eigenvalue weighted by Gasteiger charge is 2.39. The van der Waals surface area contributed by atoms with Crippen molar-refractivity contribution in [3.05, 3.63) is 235 Å². The number of nitrogens with zero attached hydrogens (tertiary/aromatic N) is 4. The van der Waals surface area contributed by atoms with Gasteiger partial charge < -0.3 is 15.5 Å². The van der Waals surface area contributed by atoms with Crippen molar-refractivity contribution in [2.75, 3.05) is 16.8 Å². The number of hydrogen-bond acceptors (Lipinski definition) is 5. The highest BCUT2D eigenvalue weighted by molar-refractivity contribution is 6.22. The Morgan fingerprint density at radius 2 is 1.12 bits per heavy atom. The third-order valence-corrected chi connectivity index (χ3v) is 11.6. The van der Waals surface area contributed by atoms with Crippen LogP contribution in [-0.4, -0.2) is 18.2 Å². The summed E-state index contributed by atoms with van der Waals surface area (Å²) in [6.45, 7) is 0.